The van der Waals surface area contributed by atoms with Crippen molar-refractivity contribution in [3.05, 3.63) is 95.8 Å². The lowest BCUT2D eigenvalue weighted by molar-refractivity contribution is -0.121. The Bertz CT molecular complexity index is 1360. The summed E-state index contributed by atoms with van der Waals surface area (Å²) in [6.07, 6.45) is 4.73. The Balaban J connectivity index is 1.55. The molecule has 0 radical (unpaired) electrons. The molecule has 0 aliphatic heterocycles. The summed E-state index contributed by atoms with van der Waals surface area (Å²) in [7, 11) is 0. The summed E-state index contributed by atoms with van der Waals surface area (Å²) in [5.74, 6) is -0.602. The number of carbonyl (C=O) groups is 2. The summed E-state index contributed by atoms with van der Waals surface area (Å²) < 4.78 is 20.1. The van der Waals surface area contributed by atoms with Crippen LogP contribution >= 0.6 is 0 Å². The highest BCUT2D eigenvalue weighted by molar-refractivity contribution is 6.10. The topological polar surface area (TPSA) is 100 Å². The van der Waals surface area contributed by atoms with Gasteiger partial charge in [0.25, 0.3) is 5.91 Å². The fourth-order valence-electron chi connectivity index (χ4n) is 3.37. The van der Waals surface area contributed by atoms with Crippen molar-refractivity contribution < 1.29 is 18.4 Å². The number of nitrogens with zero attached hydrogens (tertiary/aromatic N) is 2. The molecule has 0 unspecified atom stereocenters. The first kappa shape index (κ1) is 21.6. The maximum atomic E-state index is 13.1. The minimum absolute atomic E-state index is 0.0543. The third-order valence-corrected chi connectivity index (χ3v) is 4.94. The maximum Gasteiger partial charge on any atom is 0.266 e. The number of amides is 2. The van der Waals surface area contributed by atoms with Crippen LogP contribution in [0.4, 0.5) is 10.1 Å². The van der Waals surface area contributed by atoms with Gasteiger partial charge in [-0.1, -0.05) is 18.2 Å². The Morgan fingerprint density at radius 3 is 2.61 bits per heavy atom. The number of rotatable bonds is 7. The molecule has 0 atom stereocenters. The Morgan fingerprint density at radius 1 is 1.09 bits per heavy atom. The molecule has 2 amide bonds. The third kappa shape index (κ3) is 5.17. The second-order valence-electron chi connectivity index (χ2n) is 7.22. The van der Waals surface area contributed by atoms with Crippen LogP contribution in [0.15, 0.2) is 83.1 Å². The molecule has 0 bridgehead atoms. The number of hydrogen-bond donors (Lipinski definition) is 2. The standard InChI is InChI=1S/C25H19FN4O3/c26-19-7-9-20(10-8-19)29-25(32)17(13-27)12-18-15-30(23-6-2-1-5-22(18)23)16-24(31)28-14-21-4-3-11-33-21/h1-12,15H,14,16H2,(H,28,31)(H,29,32)/b17-12+. The van der Waals surface area contributed by atoms with E-state index in [0.717, 1.165) is 10.9 Å². The number of hydrogen-bond acceptors (Lipinski definition) is 4. The molecule has 0 saturated carbocycles. The fraction of sp³-hybridized carbons (Fsp3) is 0.0800. The van der Waals surface area contributed by atoms with E-state index in [4.69, 9.17) is 4.42 Å². The fourth-order valence-corrected chi connectivity index (χ4v) is 3.37. The van der Waals surface area contributed by atoms with Gasteiger partial charge < -0.3 is 19.6 Å². The lowest BCUT2D eigenvalue weighted by Crippen LogP contribution is -2.26. The Hall–Kier alpha value is -4.64. The van der Waals surface area contributed by atoms with Gasteiger partial charge in [0.05, 0.1) is 12.8 Å². The van der Waals surface area contributed by atoms with Crippen LogP contribution in [0.1, 0.15) is 11.3 Å². The summed E-state index contributed by atoms with van der Waals surface area (Å²) in [6.45, 7) is 0.332. The molecule has 4 rings (SSSR count). The molecule has 0 spiro atoms. The number of anilines is 1. The first-order valence-electron chi connectivity index (χ1n) is 10.1. The second-order valence-corrected chi connectivity index (χ2v) is 7.22. The summed E-state index contributed by atoms with van der Waals surface area (Å²) in [6, 6.07) is 18.1. The van der Waals surface area contributed by atoms with Gasteiger partial charge in [0.2, 0.25) is 5.91 Å². The molecular weight excluding hydrogens is 423 g/mol. The molecule has 2 heterocycles. The number of nitriles is 1. The summed E-state index contributed by atoms with van der Waals surface area (Å²) >= 11 is 0. The van der Waals surface area contributed by atoms with Crippen LogP contribution in [0.2, 0.25) is 0 Å². The zero-order valence-corrected chi connectivity index (χ0v) is 17.4. The van der Waals surface area contributed by atoms with Gasteiger partial charge in [0.15, 0.2) is 0 Å². The molecule has 33 heavy (non-hydrogen) atoms. The first-order valence-corrected chi connectivity index (χ1v) is 10.1. The van der Waals surface area contributed by atoms with Crippen LogP contribution in [-0.4, -0.2) is 16.4 Å². The largest absolute Gasteiger partial charge is 0.467 e. The van der Waals surface area contributed by atoms with Gasteiger partial charge in [-0.05, 0) is 48.5 Å². The lowest BCUT2D eigenvalue weighted by Gasteiger charge is -2.06. The van der Waals surface area contributed by atoms with Crippen LogP contribution in [-0.2, 0) is 22.7 Å². The lowest BCUT2D eigenvalue weighted by atomic mass is 10.1. The van der Waals surface area contributed by atoms with Crippen LogP contribution in [0.3, 0.4) is 0 Å². The molecule has 7 nitrogen and oxygen atoms in total. The van der Waals surface area contributed by atoms with Crippen LogP contribution in [0, 0.1) is 17.1 Å². The predicted molar refractivity (Wildman–Crippen MR) is 121 cm³/mol. The summed E-state index contributed by atoms with van der Waals surface area (Å²) in [5.41, 5.74) is 1.66. The van der Waals surface area contributed by atoms with Crippen molar-refractivity contribution in [3.8, 4) is 6.07 Å². The number of furan rings is 1. The van der Waals surface area contributed by atoms with E-state index in [9.17, 15) is 19.2 Å². The zero-order valence-electron chi connectivity index (χ0n) is 17.4. The van der Waals surface area contributed by atoms with Gasteiger partial charge in [-0.2, -0.15) is 5.26 Å². The normalized spacial score (nSPS) is 11.2. The van der Waals surface area contributed by atoms with E-state index >= 15 is 0 Å². The first-order chi connectivity index (χ1) is 16.0. The van der Waals surface area contributed by atoms with Gasteiger partial charge in [0, 0.05) is 28.4 Å². The molecule has 0 saturated heterocycles. The van der Waals surface area contributed by atoms with Crippen molar-refractivity contribution in [1.82, 2.24) is 9.88 Å². The van der Waals surface area contributed by atoms with Gasteiger partial charge >= 0.3 is 0 Å². The Labute approximate surface area is 188 Å². The third-order valence-electron chi connectivity index (χ3n) is 4.94. The van der Waals surface area contributed by atoms with Crippen molar-refractivity contribution in [1.29, 1.82) is 5.26 Å². The Morgan fingerprint density at radius 2 is 1.88 bits per heavy atom. The van der Waals surface area contributed by atoms with Crippen molar-refractivity contribution in [2.24, 2.45) is 0 Å². The van der Waals surface area contributed by atoms with E-state index in [-0.39, 0.29) is 24.6 Å². The van der Waals surface area contributed by atoms with Gasteiger partial charge in [-0.15, -0.1) is 0 Å². The molecule has 0 aliphatic carbocycles. The predicted octanol–water partition coefficient (Wildman–Crippen LogP) is 4.24. The molecule has 2 N–H and O–H groups in total. The number of nitrogens with one attached hydrogen (secondary N) is 2. The quantitative estimate of drug-likeness (QED) is 0.330. The number of fused-ring (bicyclic) bond motifs is 1. The highest BCUT2D eigenvalue weighted by Gasteiger charge is 2.14. The van der Waals surface area contributed by atoms with E-state index in [1.54, 1.807) is 29.2 Å². The van der Waals surface area contributed by atoms with Gasteiger partial charge in [0.1, 0.15) is 29.8 Å². The minimum atomic E-state index is -0.614. The average molecular weight is 442 g/mol. The van der Waals surface area contributed by atoms with Crippen LogP contribution < -0.4 is 10.6 Å². The molecule has 0 aliphatic rings. The molecule has 8 heteroatoms. The Kier molecular flexibility index (Phi) is 6.32. The maximum absolute atomic E-state index is 13.1. The molecule has 2 aromatic carbocycles. The van der Waals surface area contributed by atoms with E-state index in [1.807, 2.05) is 30.3 Å². The molecule has 164 valence electrons. The number of carbonyl (C=O) groups excluding carboxylic acids is 2. The van der Waals surface area contributed by atoms with Gasteiger partial charge in [-0.3, -0.25) is 9.59 Å². The SMILES string of the molecule is N#C/C(=C\c1cn(CC(=O)NCc2ccco2)c2ccccc12)C(=O)Nc1ccc(F)cc1. The van der Waals surface area contributed by atoms with E-state index < -0.39 is 11.7 Å². The second kappa shape index (κ2) is 9.66. The molecular formula is C25H19FN4O3. The van der Waals surface area contributed by atoms with Crippen molar-refractivity contribution in [2.75, 3.05) is 5.32 Å². The number of halogens is 1. The van der Waals surface area contributed by atoms with Gasteiger partial charge in [-0.25, -0.2) is 4.39 Å². The summed E-state index contributed by atoms with van der Waals surface area (Å²) in [5, 5.41) is 15.7. The molecule has 0 fully saturated rings. The summed E-state index contributed by atoms with van der Waals surface area (Å²) in [4.78, 5) is 25.0. The zero-order chi connectivity index (χ0) is 23.2. The van der Waals surface area contributed by atoms with Crippen molar-refractivity contribution >= 4 is 34.5 Å². The number of para-hydroxylation sites is 1. The van der Waals surface area contributed by atoms with Crippen LogP contribution in [0.5, 0.6) is 0 Å². The van der Waals surface area contributed by atoms with Crippen molar-refractivity contribution in [3.63, 3.8) is 0 Å². The highest BCUT2D eigenvalue weighted by atomic mass is 19.1. The van der Waals surface area contributed by atoms with E-state index in [2.05, 4.69) is 10.6 Å². The highest BCUT2D eigenvalue weighted by Crippen LogP contribution is 2.24. The van der Waals surface area contributed by atoms with Crippen molar-refractivity contribution in [2.45, 2.75) is 13.1 Å². The van der Waals surface area contributed by atoms with Crippen LogP contribution in [0.25, 0.3) is 17.0 Å². The average Bonchev–Trinajstić information content (AvgIpc) is 3.46. The number of benzene rings is 2. The van der Waals surface area contributed by atoms with E-state index in [0.29, 0.717) is 17.0 Å². The smallest absolute Gasteiger partial charge is 0.266 e. The molecule has 4 aromatic rings. The minimum Gasteiger partial charge on any atom is -0.467 e. The van der Waals surface area contributed by atoms with E-state index in [1.165, 1.54) is 30.3 Å². The number of aromatic nitrogens is 1. The molecule has 2 aromatic heterocycles. The monoisotopic (exact) mass is 442 g/mol.